The molecule has 0 aliphatic rings. The monoisotopic (exact) mass is 397 g/mol. The highest BCUT2D eigenvalue weighted by Crippen LogP contribution is 2.15. The summed E-state index contributed by atoms with van der Waals surface area (Å²) in [4.78, 5) is 0.126. The molecule has 1 aromatic rings. The third-order valence-electron chi connectivity index (χ3n) is 4.93. The summed E-state index contributed by atoms with van der Waals surface area (Å²) in [6.07, 6.45) is 16.9. The Hall–Kier alpha value is -0.870. The van der Waals surface area contributed by atoms with Crippen LogP contribution in [0, 0.1) is 6.92 Å². The van der Waals surface area contributed by atoms with Gasteiger partial charge in [-0.15, -0.1) is 0 Å². The van der Waals surface area contributed by atoms with Gasteiger partial charge in [0.15, 0.2) is 0 Å². The minimum absolute atomic E-state index is 0.126. The molecule has 0 N–H and O–H groups in total. The SMILES string of the molecule is [2H][C@H](CCCCCCCCCCCCCCC)OS(=O)(=O)c1ccc(C)cc1. The average Bonchev–Trinajstić information content (AvgIpc) is 2.65. The summed E-state index contributed by atoms with van der Waals surface area (Å²) < 4.78 is 37.2. The van der Waals surface area contributed by atoms with Crippen molar-refractivity contribution in [3.05, 3.63) is 29.8 Å². The van der Waals surface area contributed by atoms with E-state index in [1.807, 2.05) is 6.92 Å². The number of hydrogen-bond acceptors (Lipinski definition) is 3. The molecule has 156 valence electrons. The molecule has 0 bridgehead atoms. The van der Waals surface area contributed by atoms with Gasteiger partial charge in [-0.1, -0.05) is 108 Å². The normalized spacial score (nSPS) is 13.5. The van der Waals surface area contributed by atoms with Gasteiger partial charge in [0, 0.05) is 0 Å². The van der Waals surface area contributed by atoms with Gasteiger partial charge in [0.25, 0.3) is 10.1 Å². The fourth-order valence-corrected chi connectivity index (χ4v) is 4.00. The third kappa shape index (κ3) is 12.2. The van der Waals surface area contributed by atoms with E-state index in [4.69, 9.17) is 5.55 Å². The summed E-state index contributed by atoms with van der Waals surface area (Å²) in [5, 5.41) is 0. The lowest BCUT2D eigenvalue weighted by Gasteiger charge is -2.06. The van der Waals surface area contributed by atoms with Gasteiger partial charge in [0.05, 0.1) is 12.8 Å². The summed E-state index contributed by atoms with van der Waals surface area (Å²) in [6.45, 7) is 3.14. The molecule has 0 heterocycles. The van der Waals surface area contributed by atoms with Crippen molar-refractivity contribution in [2.75, 3.05) is 6.58 Å². The van der Waals surface area contributed by atoms with Gasteiger partial charge in [0.1, 0.15) is 0 Å². The molecule has 0 spiro atoms. The zero-order chi connectivity index (χ0) is 20.7. The highest BCUT2D eigenvalue weighted by molar-refractivity contribution is 7.86. The maximum atomic E-state index is 12.1. The van der Waals surface area contributed by atoms with Gasteiger partial charge in [-0.05, 0) is 25.5 Å². The zero-order valence-corrected chi connectivity index (χ0v) is 18.2. The lowest BCUT2D eigenvalue weighted by Crippen LogP contribution is -2.07. The Morgan fingerprint density at radius 1 is 0.741 bits per heavy atom. The van der Waals surface area contributed by atoms with Crippen molar-refractivity contribution in [2.24, 2.45) is 0 Å². The first-order valence-electron chi connectivity index (χ1n) is 11.5. The van der Waals surface area contributed by atoms with Gasteiger partial charge in [-0.25, -0.2) is 0 Å². The van der Waals surface area contributed by atoms with Crippen LogP contribution in [-0.4, -0.2) is 15.0 Å². The predicted molar refractivity (Wildman–Crippen MR) is 115 cm³/mol. The van der Waals surface area contributed by atoms with Crippen molar-refractivity contribution in [2.45, 2.75) is 109 Å². The highest BCUT2D eigenvalue weighted by Gasteiger charge is 2.14. The Bertz CT molecular complexity index is 599. The molecule has 27 heavy (non-hydrogen) atoms. The maximum absolute atomic E-state index is 12.1. The molecule has 0 unspecified atom stereocenters. The highest BCUT2D eigenvalue weighted by atomic mass is 32.2. The van der Waals surface area contributed by atoms with Crippen molar-refractivity contribution in [3.63, 3.8) is 0 Å². The van der Waals surface area contributed by atoms with Crippen molar-refractivity contribution < 1.29 is 14.0 Å². The first-order valence-corrected chi connectivity index (χ1v) is 12.3. The van der Waals surface area contributed by atoms with Gasteiger partial charge in [-0.2, -0.15) is 8.42 Å². The van der Waals surface area contributed by atoms with Gasteiger partial charge in [-0.3, -0.25) is 4.18 Å². The Labute approximate surface area is 169 Å². The molecule has 1 atom stereocenters. The Morgan fingerprint density at radius 3 is 1.59 bits per heavy atom. The van der Waals surface area contributed by atoms with E-state index in [9.17, 15) is 8.42 Å². The van der Waals surface area contributed by atoms with E-state index >= 15 is 0 Å². The molecule has 1 rings (SSSR count). The van der Waals surface area contributed by atoms with Crippen molar-refractivity contribution in [1.82, 2.24) is 0 Å². The van der Waals surface area contributed by atoms with E-state index in [1.165, 1.54) is 76.3 Å². The van der Waals surface area contributed by atoms with Gasteiger partial charge >= 0.3 is 0 Å². The molecule has 4 heteroatoms. The van der Waals surface area contributed by atoms with Crippen LogP contribution in [-0.2, 0) is 14.3 Å². The molecular formula is C23H40O3S. The number of aryl methyl sites for hydroxylation is 1. The van der Waals surface area contributed by atoms with Gasteiger partial charge < -0.3 is 0 Å². The van der Waals surface area contributed by atoms with E-state index in [0.29, 0.717) is 6.42 Å². The van der Waals surface area contributed by atoms with Crippen LogP contribution < -0.4 is 0 Å². The number of benzene rings is 1. The van der Waals surface area contributed by atoms with Crippen molar-refractivity contribution >= 4 is 10.1 Å². The van der Waals surface area contributed by atoms with Crippen molar-refractivity contribution in [3.8, 4) is 0 Å². The standard InChI is InChI=1S/C23H40O3S/c1-3-4-5-6-7-8-9-10-11-12-13-14-15-16-21-26-27(24,25)23-19-17-22(2)18-20-23/h17-20H,3-16,21H2,1-2H3/i21D/t21-/m1/s1. The second-order valence-electron chi connectivity index (χ2n) is 7.56. The molecule has 0 saturated heterocycles. The maximum Gasteiger partial charge on any atom is 0.296 e. The molecule has 3 nitrogen and oxygen atoms in total. The van der Waals surface area contributed by atoms with Crippen LogP contribution in [0.15, 0.2) is 29.2 Å². The van der Waals surface area contributed by atoms with E-state index in [2.05, 4.69) is 6.92 Å². The predicted octanol–water partition coefficient (Wildman–Crippen LogP) is 7.18. The summed E-state index contributed by atoms with van der Waals surface area (Å²) in [6, 6.07) is 6.54. The molecule has 0 radical (unpaired) electrons. The van der Waals surface area contributed by atoms with Crippen LogP contribution in [0.3, 0.4) is 0 Å². The lowest BCUT2D eigenvalue weighted by molar-refractivity contribution is 0.306. The zero-order valence-electron chi connectivity index (χ0n) is 18.4. The van der Waals surface area contributed by atoms with Crippen LogP contribution in [0.5, 0.6) is 0 Å². The molecule has 0 aromatic heterocycles. The van der Waals surface area contributed by atoms with Crippen LogP contribution in [0.25, 0.3) is 0 Å². The summed E-state index contributed by atoms with van der Waals surface area (Å²) in [7, 11) is -3.83. The van der Waals surface area contributed by atoms with E-state index < -0.39 is 16.7 Å². The Balaban J connectivity index is 2.00. The second kappa shape index (κ2) is 15.1. The summed E-state index contributed by atoms with van der Waals surface area (Å²) >= 11 is 0. The minimum Gasteiger partial charge on any atom is -0.266 e. The Kier molecular flexibility index (Phi) is 12.5. The van der Waals surface area contributed by atoms with E-state index in [-0.39, 0.29) is 4.90 Å². The van der Waals surface area contributed by atoms with Crippen molar-refractivity contribution in [1.29, 1.82) is 0 Å². The molecule has 0 amide bonds. The molecule has 0 saturated carbocycles. The topological polar surface area (TPSA) is 43.4 Å². The molecular weight excluding hydrogens is 356 g/mol. The fraction of sp³-hybridized carbons (Fsp3) is 0.739. The van der Waals surface area contributed by atoms with Crippen LogP contribution in [0.2, 0.25) is 0 Å². The molecule has 0 fully saturated rings. The molecule has 0 aliphatic carbocycles. The smallest absolute Gasteiger partial charge is 0.266 e. The first kappa shape index (κ1) is 22.4. The van der Waals surface area contributed by atoms with Gasteiger partial charge in [0.2, 0.25) is 0 Å². The fourth-order valence-electron chi connectivity index (χ4n) is 3.14. The average molecular weight is 398 g/mol. The number of unbranched alkanes of at least 4 members (excludes halogenated alkanes) is 12. The minimum atomic E-state index is -3.83. The largest absolute Gasteiger partial charge is 0.296 e. The Morgan fingerprint density at radius 2 is 1.15 bits per heavy atom. The van der Waals surface area contributed by atoms with E-state index in [1.54, 1.807) is 12.1 Å². The first-order chi connectivity index (χ1) is 13.5. The summed E-state index contributed by atoms with van der Waals surface area (Å²) in [5.41, 5.74) is 0.994. The number of rotatable bonds is 17. The lowest BCUT2D eigenvalue weighted by atomic mass is 10.0. The second-order valence-corrected chi connectivity index (χ2v) is 9.13. The van der Waals surface area contributed by atoms with Crippen LogP contribution in [0.1, 0.15) is 104 Å². The third-order valence-corrected chi connectivity index (χ3v) is 6.17. The quantitative estimate of drug-likeness (QED) is 0.206. The van der Waals surface area contributed by atoms with E-state index in [0.717, 1.165) is 24.8 Å². The summed E-state index contributed by atoms with van der Waals surface area (Å²) in [5.74, 6) is 0. The number of hydrogen-bond donors (Lipinski definition) is 0. The van der Waals surface area contributed by atoms with Crippen LogP contribution in [0.4, 0.5) is 0 Å². The van der Waals surface area contributed by atoms with Crippen LogP contribution >= 0.6 is 0 Å². The molecule has 0 aliphatic heterocycles. The molecule has 1 aromatic carbocycles.